The first kappa shape index (κ1) is 25.1. The maximum atomic E-state index is 13.3. The van der Waals surface area contributed by atoms with E-state index in [0.29, 0.717) is 61.2 Å². The van der Waals surface area contributed by atoms with E-state index < -0.39 is 23.5 Å². The number of fused-ring (bicyclic) bond motifs is 1. The van der Waals surface area contributed by atoms with Gasteiger partial charge in [-0.25, -0.2) is 0 Å². The normalized spacial score (nSPS) is 12.3. The van der Waals surface area contributed by atoms with Gasteiger partial charge < -0.3 is 4.74 Å². The molecular weight excluding hydrogens is 515 g/mol. The summed E-state index contributed by atoms with van der Waals surface area (Å²) in [5, 5.41) is 1.30. The van der Waals surface area contributed by atoms with Gasteiger partial charge in [0.15, 0.2) is 0 Å². The molecule has 0 saturated heterocycles. The van der Waals surface area contributed by atoms with Crippen molar-refractivity contribution in [2.24, 2.45) is 0 Å². The zero-order valence-corrected chi connectivity index (χ0v) is 19.6. The maximum Gasteiger partial charge on any atom is 0.417 e. The number of hydrogen-bond acceptors (Lipinski definition) is 2. The molecule has 0 saturated carbocycles. The molecule has 0 amide bonds. The van der Waals surface area contributed by atoms with Crippen molar-refractivity contribution < 1.29 is 31.1 Å². The minimum absolute atomic E-state index is 0.00444. The summed E-state index contributed by atoms with van der Waals surface area (Å²) < 4.78 is 84.4. The van der Waals surface area contributed by atoms with Gasteiger partial charge >= 0.3 is 12.4 Å². The van der Waals surface area contributed by atoms with Crippen LogP contribution in [0, 0.1) is 6.92 Å². The molecule has 2 nitrogen and oxygen atoms in total. The van der Waals surface area contributed by atoms with Gasteiger partial charge in [-0.3, -0.25) is 4.98 Å². The van der Waals surface area contributed by atoms with Crippen molar-refractivity contribution in [2.75, 3.05) is 7.11 Å². The first-order valence-corrected chi connectivity index (χ1v) is 10.8. The molecule has 0 spiro atoms. The third-order valence-electron chi connectivity index (χ3n) is 5.51. The standard InChI is InChI=1S/C25H15Cl2F6NO/c1-12-22(23(27)16-10-19(26)21(35-2)11-20(16)34-12)14-5-3-13(4-6-14)15-7-8-17(24(28,29)30)18(9-15)25(31,32)33/h3-11H,1-2H3. The minimum Gasteiger partial charge on any atom is -0.495 e. The van der Waals surface area contributed by atoms with Crippen LogP contribution in [0.15, 0.2) is 54.6 Å². The van der Waals surface area contributed by atoms with Gasteiger partial charge in [0.25, 0.3) is 0 Å². The molecule has 0 bridgehead atoms. The van der Waals surface area contributed by atoms with E-state index in [0.717, 1.165) is 6.07 Å². The van der Waals surface area contributed by atoms with E-state index in [1.807, 2.05) is 0 Å². The van der Waals surface area contributed by atoms with Crippen LogP contribution in [0.2, 0.25) is 10.0 Å². The summed E-state index contributed by atoms with van der Waals surface area (Å²) in [7, 11) is 1.48. The van der Waals surface area contributed by atoms with Gasteiger partial charge in [0.2, 0.25) is 0 Å². The Balaban J connectivity index is 1.79. The van der Waals surface area contributed by atoms with Crippen molar-refractivity contribution in [3.63, 3.8) is 0 Å². The monoisotopic (exact) mass is 529 g/mol. The fourth-order valence-electron chi connectivity index (χ4n) is 3.87. The Bertz CT molecular complexity index is 1430. The molecule has 0 atom stereocenters. The summed E-state index contributed by atoms with van der Waals surface area (Å²) in [5.41, 5.74) is -0.789. The minimum atomic E-state index is -5.16. The van der Waals surface area contributed by atoms with E-state index >= 15 is 0 Å². The molecule has 35 heavy (non-hydrogen) atoms. The molecule has 0 radical (unpaired) electrons. The summed E-state index contributed by atoms with van der Waals surface area (Å²) in [6.07, 6.45) is -10.3. The molecule has 3 aromatic carbocycles. The quantitative estimate of drug-likeness (QED) is 0.247. The Labute approximate surface area is 206 Å². The Morgan fingerprint density at radius 2 is 1.31 bits per heavy atom. The highest BCUT2D eigenvalue weighted by molar-refractivity contribution is 6.39. The summed E-state index contributed by atoms with van der Waals surface area (Å²) in [5.74, 6) is 0.439. The van der Waals surface area contributed by atoms with Crippen LogP contribution < -0.4 is 4.74 Å². The predicted molar refractivity (Wildman–Crippen MR) is 124 cm³/mol. The number of aryl methyl sites for hydroxylation is 1. The van der Waals surface area contributed by atoms with Crippen molar-refractivity contribution in [2.45, 2.75) is 19.3 Å². The molecular formula is C25H15Cl2F6NO. The van der Waals surface area contributed by atoms with Crippen molar-refractivity contribution in [1.82, 2.24) is 4.98 Å². The number of benzene rings is 3. The van der Waals surface area contributed by atoms with E-state index in [4.69, 9.17) is 27.9 Å². The van der Waals surface area contributed by atoms with Gasteiger partial charge in [-0.15, -0.1) is 0 Å². The highest BCUT2D eigenvalue weighted by atomic mass is 35.5. The third-order valence-corrected chi connectivity index (χ3v) is 6.20. The summed E-state index contributed by atoms with van der Waals surface area (Å²) >= 11 is 12.9. The van der Waals surface area contributed by atoms with E-state index in [-0.39, 0.29) is 5.56 Å². The first-order valence-electron chi connectivity index (χ1n) is 10.0. The van der Waals surface area contributed by atoms with Gasteiger partial charge in [0.1, 0.15) is 5.75 Å². The molecule has 0 aliphatic rings. The molecule has 182 valence electrons. The number of ether oxygens (including phenoxy) is 1. The zero-order valence-electron chi connectivity index (χ0n) is 18.1. The second kappa shape index (κ2) is 8.91. The van der Waals surface area contributed by atoms with E-state index in [1.165, 1.54) is 19.2 Å². The Hall–Kier alpha value is -2.97. The number of rotatable bonds is 3. The van der Waals surface area contributed by atoms with E-state index in [1.54, 1.807) is 31.2 Å². The average molecular weight is 530 g/mol. The Morgan fingerprint density at radius 3 is 1.89 bits per heavy atom. The average Bonchev–Trinajstić information content (AvgIpc) is 2.78. The zero-order chi connectivity index (χ0) is 25.7. The van der Waals surface area contributed by atoms with E-state index in [9.17, 15) is 26.3 Å². The third kappa shape index (κ3) is 4.77. The number of alkyl halides is 6. The molecule has 0 fully saturated rings. The van der Waals surface area contributed by atoms with Crippen molar-refractivity contribution in [3.05, 3.63) is 81.5 Å². The van der Waals surface area contributed by atoms with Crippen LogP contribution >= 0.6 is 23.2 Å². The fraction of sp³-hybridized carbons (Fsp3) is 0.160. The van der Waals surface area contributed by atoms with Crippen molar-refractivity contribution >= 4 is 34.1 Å². The maximum absolute atomic E-state index is 13.3. The summed E-state index contributed by atoms with van der Waals surface area (Å²) in [6.45, 7) is 1.75. The van der Waals surface area contributed by atoms with Crippen LogP contribution in [0.4, 0.5) is 26.3 Å². The molecule has 4 aromatic rings. The number of nitrogens with zero attached hydrogens (tertiary/aromatic N) is 1. The number of halogens is 8. The second-order valence-corrected chi connectivity index (χ2v) is 8.51. The number of methoxy groups -OCH3 is 1. The second-order valence-electron chi connectivity index (χ2n) is 7.72. The summed E-state index contributed by atoms with van der Waals surface area (Å²) in [4.78, 5) is 4.56. The summed E-state index contributed by atoms with van der Waals surface area (Å²) in [6, 6.07) is 11.5. The Kier molecular flexibility index (Phi) is 6.40. The highest BCUT2D eigenvalue weighted by Crippen LogP contribution is 2.43. The lowest BCUT2D eigenvalue weighted by Crippen LogP contribution is -2.16. The van der Waals surface area contributed by atoms with Gasteiger partial charge in [0.05, 0.1) is 33.8 Å². The van der Waals surface area contributed by atoms with Gasteiger partial charge in [-0.05, 0) is 41.8 Å². The largest absolute Gasteiger partial charge is 0.495 e. The van der Waals surface area contributed by atoms with Gasteiger partial charge in [0, 0.05) is 22.7 Å². The number of aromatic nitrogens is 1. The molecule has 0 aliphatic carbocycles. The SMILES string of the molecule is COc1cc2nc(C)c(-c3ccc(-c4ccc(C(F)(F)F)c(C(F)(F)F)c4)cc3)c(Cl)c2cc1Cl. The van der Waals surface area contributed by atoms with Crippen LogP contribution in [-0.4, -0.2) is 12.1 Å². The van der Waals surface area contributed by atoms with Crippen LogP contribution in [-0.2, 0) is 12.4 Å². The number of hydrogen-bond donors (Lipinski definition) is 0. The van der Waals surface area contributed by atoms with Crippen LogP contribution in [0.5, 0.6) is 5.75 Å². The lowest BCUT2D eigenvalue weighted by atomic mass is 9.95. The van der Waals surface area contributed by atoms with E-state index in [2.05, 4.69) is 4.98 Å². The predicted octanol–water partition coefficient (Wildman–Crippen LogP) is 9.23. The topological polar surface area (TPSA) is 22.1 Å². The first-order chi connectivity index (χ1) is 16.3. The lowest BCUT2D eigenvalue weighted by Gasteiger charge is -2.17. The molecule has 1 aromatic heterocycles. The smallest absolute Gasteiger partial charge is 0.417 e. The number of pyridine rings is 1. The molecule has 1 heterocycles. The highest BCUT2D eigenvalue weighted by Gasteiger charge is 2.43. The Morgan fingerprint density at radius 1 is 0.743 bits per heavy atom. The molecule has 10 heteroatoms. The fourth-order valence-corrected chi connectivity index (χ4v) is 4.51. The van der Waals surface area contributed by atoms with Gasteiger partial charge in [-0.1, -0.05) is 53.5 Å². The lowest BCUT2D eigenvalue weighted by molar-refractivity contribution is -0.162. The van der Waals surface area contributed by atoms with Crippen molar-refractivity contribution in [1.29, 1.82) is 0 Å². The van der Waals surface area contributed by atoms with Crippen LogP contribution in [0.3, 0.4) is 0 Å². The van der Waals surface area contributed by atoms with Crippen molar-refractivity contribution in [3.8, 4) is 28.0 Å². The van der Waals surface area contributed by atoms with Gasteiger partial charge in [-0.2, -0.15) is 26.3 Å². The van der Waals surface area contributed by atoms with Crippen LogP contribution in [0.25, 0.3) is 33.2 Å². The molecule has 0 unspecified atom stereocenters. The molecule has 0 aliphatic heterocycles. The van der Waals surface area contributed by atoms with Crippen LogP contribution in [0.1, 0.15) is 16.8 Å². The molecule has 0 N–H and O–H groups in total. The molecule has 4 rings (SSSR count).